The molecule has 1 N–H and O–H groups in total. The number of nitrogens with zero attached hydrogens (tertiary/aromatic N) is 2. The summed E-state index contributed by atoms with van der Waals surface area (Å²) in [6, 6.07) is 21.6. The molecule has 3 aromatic rings. The molecule has 5 nitrogen and oxygen atoms in total. The van der Waals surface area contributed by atoms with Crippen molar-refractivity contribution in [3.05, 3.63) is 72.3 Å². The molecule has 0 atom stereocenters. The zero-order valence-electron chi connectivity index (χ0n) is 17.5. The Morgan fingerprint density at radius 2 is 1.50 bits per heavy atom. The van der Waals surface area contributed by atoms with E-state index >= 15 is 0 Å². The highest BCUT2D eigenvalue weighted by molar-refractivity contribution is 6.07. The molecule has 2 amide bonds. The van der Waals surface area contributed by atoms with E-state index in [0.29, 0.717) is 18.7 Å². The number of carbonyl (C=O) groups excluding carboxylic acids is 2. The lowest BCUT2D eigenvalue weighted by Crippen LogP contribution is -2.50. The average Bonchev–Trinajstić information content (AvgIpc) is 2.78. The Labute approximate surface area is 177 Å². The molecule has 1 saturated heterocycles. The van der Waals surface area contributed by atoms with Crippen LogP contribution in [-0.2, 0) is 4.79 Å². The molecule has 0 unspecified atom stereocenters. The molecule has 1 aliphatic heterocycles. The van der Waals surface area contributed by atoms with E-state index in [1.165, 1.54) is 0 Å². The first-order valence-corrected chi connectivity index (χ1v) is 10.5. The number of fused-ring (bicyclic) bond motifs is 1. The minimum atomic E-state index is -0.123. The van der Waals surface area contributed by atoms with Gasteiger partial charge in [-0.15, -0.1) is 0 Å². The standard InChI is InChI=1S/C25H27N3O2/c1-18(2)25(30)28-15-13-27(14-16-28)23-10-6-5-9-22(23)26-24(29)21-12-11-19-7-3-4-8-20(19)17-21/h3-12,17-18H,13-16H2,1-2H3,(H,26,29). The second-order valence-electron chi connectivity index (χ2n) is 8.00. The number of hydrogen-bond acceptors (Lipinski definition) is 3. The zero-order valence-corrected chi connectivity index (χ0v) is 17.5. The fourth-order valence-electron chi connectivity index (χ4n) is 3.91. The van der Waals surface area contributed by atoms with Crippen LogP contribution in [-0.4, -0.2) is 42.9 Å². The summed E-state index contributed by atoms with van der Waals surface area (Å²) in [5, 5.41) is 5.24. The predicted octanol–water partition coefficient (Wildman–Crippen LogP) is 4.40. The summed E-state index contributed by atoms with van der Waals surface area (Å²) in [5.74, 6) is 0.0967. The van der Waals surface area contributed by atoms with Crippen molar-refractivity contribution in [3.63, 3.8) is 0 Å². The minimum Gasteiger partial charge on any atom is -0.366 e. The van der Waals surface area contributed by atoms with Crippen LogP contribution in [0.15, 0.2) is 66.7 Å². The predicted molar refractivity (Wildman–Crippen MR) is 122 cm³/mol. The maximum Gasteiger partial charge on any atom is 0.255 e. The Kier molecular flexibility index (Phi) is 5.70. The molecule has 4 rings (SSSR count). The lowest BCUT2D eigenvalue weighted by atomic mass is 10.1. The summed E-state index contributed by atoms with van der Waals surface area (Å²) in [5.41, 5.74) is 2.42. The molecule has 30 heavy (non-hydrogen) atoms. The SMILES string of the molecule is CC(C)C(=O)N1CCN(c2ccccc2NC(=O)c2ccc3ccccc3c2)CC1. The molecule has 5 heteroatoms. The van der Waals surface area contributed by atoms with Crippen molar-refractivity contribution in [2.24, 2.45) is 5.92 Å². The summed E-state index contributed by atoms with van der Waals surface area (Å²) in [7, 11) is 0. The van der Waals surface area contributed by atoms with E-state index in [9.17, 15) is 9.59 Å². The molecular weight excluding hydrogens is 374 g/mol. The van der Waals surface area contributed by atoms with Crippen molar-refractivity contribution in [2.75, 3.05) is 36.4 Å². The van der Waals surface area contributed by atoms with Crippen molar-refractivity contribution in [1.29, 1.82) is 0 Å². The molecule has 0 aromatic heterocycles. The van der Waals surface area contributed by atoms with Crippen LogP contribution in [0.2, 0.25) is 0 Å². The number of nitrogens with one attached hydrogen (secondary N) is 1. The van der Waals surface area contributed by atoms with Crippen molar-refractivity contribution in [3.8, 4) is 0 Å². The molecular formula is C25H27N3O2. The minimum absolute atomic E-state index is 0.0186. The number of anilines is 2. The number of carbonyl (C=O) groups is 2. The average molecular weight is 402 g/mol. The van der Waals surface area contributed by atoms with Crippen LogP contribution in [0.5, 0.6) is 0 Å². The summed E-state index contributed by atoms with van der Waals surface area (Å²) in [6.07, 6.45) is 0. The van der Waals surface area contributed by atoms with Gasteiger partial charge in [0.15, 0.2) is 0 Å². The molecule has 0 spiro atoms. The van der Waals surface area contributed by atoms with Crippen LogP contribution in [0.3, 0.4) is 0 Å². The first-order valence-electron chi connectivity index (χ1n) is 10.5. The van der Waals surface area contributed by atoms with Crippen molar-refractivity contribution in [1.82, 2.24) is 4.90 Å². The Morgan fingerprint density at radius 3 is 2.23 bits per heavy atom. The van der Waals surface area contributed by atoms with Crippen LogP contribution in [0.4, 0.5) is 11.4 Å². The summed E-state index contributed by atoms with van der Waals surface area (Å²) < 4.78 is 0. The molecule has 1 heterocycles. The molecule has 1 aliphatic rings. The molecule has 0 bridgehead atoms. The van der Waals surface area contributed by atoms with Crippen LogP contribution in [0, 0.1) is 5.92 Å². The lowest BCUT2D eigenvalue weighted by molar-refractivity contribution is -0.134. The van der Waals surface area contributed by atoms with E-state index in [2.05, 4.69) is 10.2 Å². The van der Waals surface area contributed by atoms with Crippen LogP contribution in [0.1, 0.15) is 24.2 Å². The van der Waals surface area contributed by atoms with E-state index in [4.69, 9.17) is 0 Å². The van der Waals surface area contributed by atoms with Crippen molar-refractivity contribution < 1.29 is 9.59 Å². The normalized spacial score (nSPS) is 14.2. The molecule has 3 aromatic carbocycles. The van der Waals surface area contributed by atoms with Crippen molar-refractivity contribution >= 4 is 34.0 Å². The Balaban J connectivity index is 1.49. The van der Waals surface area contributed by atoms with E-state index < -0.39 is 0 Å². The van der Waals surface area contributed by atoms with Crippen LogP contribution < -0.4 is 10.2 Å². The highest BCUT2D eigenvalue weighted by atomic mass is 16.2. The molecule has 1 fully saturated rings. The number of rotatable bonds is 4. The smallest absolute Gasteiger partial charge is 0.255 e. The van der Waals surface area contributed by atoms with Gasteiger partial charge in [0, 0.05) is 37.7 Å². The van der Waals surface area contributed by atoms with E-state index in [1.807, 2.05) is 85.5 Å². The van der Waals surface area contributed by atoms with Gasteiger partial charge in [-0.2, -0.15) is 0 Å². The zero-order chi connectivity index (χ0) is 21.1. The van der Waals surface area contributed by atoms with Gasteiger partial charge in [-0.1, -0.05) is 56.3 Å². The first-order chi connectivity index (χ1) is 14.5. The van der Waals surface area contributed by atoms with Crippen molar-refractivity contribution in [2.45, 2.75) is 13.8 Å². The largest absolute Gasteiger partial charge is 0.366 e. The van der Waals surface area contributed by atoms with Gasteiger partial charge in [0.1, 0.15) is 0 Å². The first kappa shape index (κ1) is 20.0. The van der Waals surface area contributed by atoms with Gasteiger partial charge in [0.2, 0.25) is 5.91 Å². The fraction of sp³-hybridized carbons (Fsp3) is 0.280. The number of hydrogen-bond donors (Lipinski definition) is 1. The van der Waals surface area contributed by atoms with Gasteiger partial charge >= 0.3 is 0 Å². The maximum atomic E-state index is 12.9. The topological polar surface area (TPSA) is 52.7 Å². The van der Waals surface area contributed by atoms with Gasteiger partial charge in [-0.25, -0.2) is 0 Å². The molecule has 154 valence electrons. The van der Waals surface area contributed by atoms with E-state index in [1.54, 1.807) is 0 Å². The number of amides is 2. The third kappa shape index (κ3) is 4.15. The highest BCUT2D eigenvalue weighted by Gasteiger charge is 2.24. The summed E-state index contributed by atoms with van der Waals surface area (Å²) >= 11 is 0. The van der Waals surface area contributed by atoms with Gasteiger partial charge in [-0.05, 0) is 35.0 Å². The second-order valence-corrected chi connectivity index (χ2v) is 8.00. The Bertz CT molecular complexity index is 1070. The van der Waals surface area contributed by atoms with Gasteiger partial charge in [-0.3, -0.25) is 9.59 Å². The third-order valence-electron chi connectivity index (χ3n) is 5.59. The summed E-state index contributed by atoms with van der Waals surface area (Å²) in [6.45, 7) is 6.77. The third-order valence-corrected chi connectivity index (χ3v) is 5.59. The molecule has 0 radical (unpaired) electrons. The molecule has 0 aliphatic carbocycles. The number of para-hydroxylation sites is 2. The maximum absolute atomic E-state index is 12.9. The van der Waals surface area contributed by atoms with E-state index in [0.717, 1.165) is 35.2 Å². The number of benzene rings is 3. The summed E-state index contributed by atoms with van der Waals surface area (Å²) in [4.78, 5) is 29.3. The van der Waals surface area contributed by atoms with Crippen LogP contribution >= 0.6 is 0 Å². The number of piperazine rings is 1. The molecule has 0 saturated carbocycles. The monoisotopic (exact) mass is 401 g/mol. The Morgan fingerprint density at radius 1 is 0.833 bits per heavy atom. The second kappa shape index (κ2) is 8.57. The van der Waals surface area contributed by atoms with Crippen LogP contribution in [0.25, 0.3) is 10.8 Å². The highest BCUT2D eigenvalue weighted by Crippen LogP contribution is 2.28. The Hall–Kier alpha value is -3.34. The fourth-order valence-corrected chi connectivity index (χ4v) is 3.91. The van der Waals surface area contributed by atoms with Gasteiger partial charge in [0.05, 0.1) is 11.4 Å². The lowest BCUT2D eigenvalue weighted by Gasteiger charge is -2.37. The van der Waals surface area contributed by atoms with Gasteiger partial charge in [0.25, 0.3) is 5.91 Å². The van der Waals surface area contributed by atoms with E-state index in [-0.39, 0.29) is 17.7 Å². The quantitative estimate of drug-likeness (QED) is 0.705. The van der Waals surface area contributed by atoms with Gasteiger partial charge < -0.3 is 15.1 Å².